The maximum absolute atomic E-state index is 12.6. The molecule has 164 valence electrons. The van der Waals surface area contributed by atoms with E-state index < -0.39 is 24.0 Å². The lowest BCUT2D eigenvalue weighted by Crippen LogP contribution is -2.54. The molecule has 0 unspecified atom stereocenters. The van der Waals surface area contributed by atoms with Crippen molar-refractivity contribution in [3.8, 4) is 0 Å². The number of esters is 1. The van der Waals surface area contributed by atoms with Crippen molar-refractivity contribution in [2.45, 2.75) is 46.3 Å². The molecule has 8 nitrogen and oxygen atoms in total. The van der Waals surface area contributed by atoms with E-state index >= 15 is 0 Å². The highest BCUT2D eigenvalue weighted by Gasteiger charge is 2.51. The van der Waals surface area contributed by atoms with Crippen LogP contribution in [0.1, 0.15) is 39.2 Å². The maximum Gasteiger partial charge on any atom is 0.408 e. The van der Waals surface area contributed by atoms with Gasteiger partial charge in [-0.05, 0) is 36.7 Å². The van der Waals surface area contributed by atoms with Crippen LogP contribution in [0.3, 0.4) is 0 Å². The molecule has 0 bridgehead atoms. The summed E-state index contributed by atoms with van der Waals surface area (Å²) in [6.07, 6.45) is 0.269. The maximum atomic E-state index is 12.6. The predicted octanol–water partition coefficient (Wildman–Crippen LogP) is 2.21. The van der Waals surface area contributed by atoms with Crippen LogP contribution in [-0.4, -0.2) is 43.4 Å². The van der Waals surface area contributed by atoms with Gasteiger partial charge in [-0.1, -0.05) is 44.2 Å². The Morgan fingerprint density at radius 1 is 1.17 bits per heavy atom. The number of amides is 2. The number of rotatable bonds is 9. The second kappa shape index (κ2) is 10.2. The number of carbonyl (C=O) groups is 4. The first-order valence-electron chi connectivity index (χ1n) is 9.97. The Balaban J connectivity index is 1.99. The summed E-state index contributed by atoms with van der Waals surface area (Å²) in [5.41, 5.74) is 0.547. The zero-order valence-electron chi connectivity index (χ0n) is 17.9. The molecule has 2 N–H and O–H groups in total. The molecule has 0 saturated heterocycles. The summed E-state index contributed by atoms with van der Waals surface area (Å²) >= 11 is 0. The molecular formula is C22H30N2O6. The molecule has 8 heteroatoms. The number of nitrogens with one attached hydrogen (secondary N) is 2. The molecule has 2 rings (SSSR count). The van der Waals surface area contributed by atoms with E-state index in [0.29, 0.717) is 12.8 Å². The third kappa shape index (κ3) is 6.05. The molecule has 2 amide bonds. The van der Waals surface area contributed by atoms with Gasteiger partial charge in [-0.3, -0.25) is 14.4 Å². The van der Waals surface area contributed by atoms with Gasteiger partial charge >= 0.3 is 12.1 Å². The quantitative estimate of drug-likeness (QED) is 0.595. The molecule has 1 aliphatic carbocycles. The lowest BCUT2D eigenvalue weighted by molar-refractivity contribution is -0.142. The van der Waals surface area contributed by atoms with Gasteiger partial charge in [-0.25, -0.2) is 4.79 Å². The van der Waals surface area contributed by atoms with Gasteiger partial charge in [0.25, 0.3) is 0 Å². The Labute approximate surface area is 176 Å². The van der Waals surface area contributed by atoms with E-state index in [1.54, 1.807) is 6.92 Å². The molecule has 0 spiro atoms. The van der Waals surface area contributed by atoms with Crippen LogP contribution in [-0.2, 0) is 30.5 Å². The fourth-order valence-electron chi connectivity index (χ4n) is 3.88. The summed E-state index contributed by atoms with van der Waals surface area (Å²) in [5.74, 6) is -0.965. The van der Waals surface area contributed by atoms with E-state index in [2.05, 4.69) is 15.4 Å². The molecule has 0 aromatic heterocycles. The monoisotopic (exact) mass is 418 g/mol. The van der Waals surface area contributed by atoms with Crippen LogP contribution in [0.15, 0.2) is 30.3 Å². The lowest BCUT2D eigenvalue weighted by Gasteiger charge is -2.52. The Morgan fingerprint density at radius 3 is 2.40 bits per heavy atom. The smallest absolute Gasteiger partial charge is 0.408 e. The topological polar surface area (TPSA) is 111 Å². The number of carbonyl (C=O) groups excluding carboxylic acids is 4. The highest BCUT2D eigenvalue weighted by atomic mass is 16.5. The average Bonchev–Trinajstić information content (AvgIpc) is 2.72. The third-order valence-corrected chi connectivity index (χ3v) is 5.94. The number of ether oxygens (including phenoxy) is 2. The van der Waals surface area contributed by atoms with E-state index in [4.69, 9.17) is 4.74 Å². The highest BCUT2D eigenvalue weighted by molar-refractivity contribution is 5.88. The van der Waals surface area contributed by atoms with Crippen LogP contribution in [0.5, 0.6) is 0 Å². The van der Waals surface area contributed by atoms with Crippen molar-refractivity contribution >= 4 is 23.8 Å². The molecule has 0 radical (unpaired) electrons. The van der Waals surface area contributed by atoms with E-state index in [9.17, 15) is 19.2 Å². The molecule has 1 saturated carbocycles. The molecule has 1 fully saturated rings. The van der Waals surface area contributed by atoms with E-state index in [0.717, 1.165) is 5.56 Å². The van der Waals surface area contributed by atoms with Gasteiger partial charge in [-0.2, -0.15) is 0 Å². The van der Waals surface area contributed by atoms with Gasteiger partial charge in [0.2, 0.25) is 5.91 Å². The largest absolute Gasteiger partial charge is 0.468 e. The summed E-state index contributed by atoms with van der Waals surface area (Å²) in [7, 11) is 1.23. The fraction of sp³-hybridized carbons (Fsp3) is 0.545. The van der Waals surface area contributed by atoms with E-state index in [1.807, 2.05) is 44.2 Å². The second-order valence-electron chi connectivity index (χ2n) is 8.21. The Morgan fingerprint density at radius 2 is 1.83 bits per heavy atom. The van der Waals surface area contributed by atoms with Gasteiger partial charge in [-0.15, -0.1) is 0 Å². The first kappa shape index (κ1) is 23.4. The molecular weight excluding hydrogens is 388 g/mol. The number of alkyl carbamates (subject to hydrolysis) is 1. The van der Waals surface area contributed by atoms with Gasteiger partial charge in [0.05, 0.1) is 7.11 Å². The van der Waals surface area contributed by atoms with Crippen LogP contribution in [0.4, 0.5) is 4.79 Å². The van der Waals surface area contributed by atoms with Crippen LogP contribution in [0.25, 0.3) is 0 Å². The summed E-state index contributed by atoms with van der Waals surface area (Å²) in [4.78, 5) is 48.0. The standard InChI is InChI=1S/C22H30N2O6/c1-14(25)17-10-16(22(17,2)3)11-18(20(27)23-12-19(26)29-4)24-21(28)30-13-15-8-6-5-7-9-15/h5-9,16-18H,10-13H2,1-4H3,(H,23,27)(H,24,28)/t16-,17+,18-/m1/s1. The van der Waals surface area contributed by atoms with Crippen molar-refractivity contribution in [2.24, 2.45) is 17.3 Å². The van der Waals surface area contributed by atoms with Gasteiger partial charge in [0.1, 0.15) is 25.0 Å². The Hall–Kier alpha value is -2.90. The molecule has 1 aromatic rings. The fourth-order valence-corrected chi connectivity index (χ4v) is 3.88. The van der Waals surface area contributed by atoms with Crippen molar-refractivity contribution in [3.63, 3.8) is 0 Å². The minimum Gasteiger partial charge on any atom is -0.468 e. The minimum atomic E-state index is -0.893. The molecule has 30 heavy (non-hydrogen) atoms. The summed E-state index contributed by atoms with van der Waals surface area (Å²) in [5, 5.41) is 5.08. The number of benzene rings is 1. The lowest BCUT2D eigenvalue weighted by atomic mass is 9.52. The van der Waals surface area contributed by atoms with Gasteiger partial charge in [0.15, 0.2) is 0 Å². The Kier molecular flexibility index (Phi) is 7.97. The van der Waals surface area contributed by atoms with E-state index in [-0.39, 0.29) is 36.2 Å². The predicted molar refractivity (Wildman–Crippen MR) is 109 cm³/mol. The van der Waals surface area contributed by atoms with Crippen molar-refractivity contribution in [1.29, 1.82) is 0 Å². The van der Waals surface area contributed by atoms with Crippen LogP contribution >= 0.6 is 0 Å². The molecule has 0 aliphatic heterocycles. The molecule has 1 aromatic carbocycles. The number of hydrogen-bond acceptors (Lipinski definition) is 6. The highest BCUT2D eigenvalue weighted by Crippen LogP contribution is 2.53. The van der Waals surface area contributed by atoms with Crippen LogP contribution in [0.2, 0.25) is 0 Å². The Bertz CT molecular complexity index is 777. The van der Waals surface area contributed by atoms with Gasteiger partial charge < -0.3 is 20.1 Å². The van der Waals surface area contributed by atoms with Crippen LogP contribution < -0.4 is 10.6 Å². The summed E-state index contributed by atoms with van der Waals surface area (Å²) < 4.78 is 9.76. The van der Waals surface area contributed by atoms with Crippen molar-refractivity contribution < 1.29 is 28.7 Å². The summed E-state index contributed by atoms with van der Waals surface area (Å²) in [6, 6.07) is 8.29. The zero-order valence-corrected chi connectivity index (χ0v) is 17.9. The first-order valence-corrected chi connectivity index (χ1v) is 9.97. The number of methoxy groups -OCH3 is 1. The number of Topliss-reactive ketones (excluding diaryl/α,β-unsaturated/α-hetero) is 1. The van der Waals surface area contributed by atoms with Gasteiger partial charge in [0, 0.05) is 5.92 Å². The van der Waals surface area contributed by atoms with E-state index in [1.165, 1.54) is 7.11 Å². The average molecular weight is 418 g/mol. The third-order valence-electron chi connectivity index (χ3n) is 5.94. The zero-order chi connectivity index (χ0) is 22.3. The van der Waals surface area contributed by atoms with Crippen LogP contribution in [0, 0.1) is 17.3 Å². The first-order chi connectivity index (χ1) is 14.1. The SMILES string of the molecule is COC(=O)CNC(=O)[C@@H](C[C@H]1C[C@@H](C(C)=O)C1(C)C)NC(=O)OCc1ccccc1. The van der Waals surface area contributed by atoms with Crippen molar-refractivity contribution in [1.82, 2.24) is 10.6 Å². The molecule has 3 atom stereocenters. The number of hydrogen-bond donors (Lipinski definition) is 2. The number of ketones is 1. The molecule has 0 heterocycles. The second-order valence-corrected chi connectivity index (χ2v) is 8.21. The summed E-state index contributed by atoms with van der Waals surface area (Å²) in [6.45, 7) is 5.33. The molecule has 1 aliphatic rings. The minimum absolute atomic E-state index is 0.0636. The normalized spacial score (nSPS) is 20.3. The van der Waals surface area contributed by atoms with Crippen molar-refractivity contribution in [2.75, 3.05) is 13.7 Å². The van der Waals surface area contributed by atoms with Crippen molar-refractivity contribution in [3.05, 3.63) is 35.9 Å².